The molecule has 0 aliphatic rings. The zero-order valence-corrected chi connectivity index (χ0v) is 14.0. The molecule has 3 N–H and O–H groups in total. The molecule has 0 saturated heterocycles. The van der Waals surface area contributed by atoms with Crippen molar-refractivity contribution in [3.8, 4) is 0 Å². The third-order valence-electron chi connectivity index (χ3n) is 3.86. The third-order valence-corrected chi connectivity index (χ3v) is 4.93. The zero-order valence-electron chi connectivity index (χ0n) is 12.4. The summed E-state index contributed by atoms with van der Waals surface area (Å²) in [6, 6.07) is 12.9. The molecule has 0 fully saturated rings. The monoisotopic (exact) mass is 353 g/mol. The highest BCUT2D eigenvalue weighted by Crippen LogP contribution is 2.35. The van der Waals surface area contributed by atoms with E-state index in [1.807, 2.05) is 47.2 Å². The Morgan fingerprint density at radius 2 is 1.83 bits per heavy atom. The summed E-state index contributed by atoms with van der Waals surface area (Å²) < 4.78 is 0. The van der Waals surface area contributed by atoms with E-state index in [0.717, 1.165) is 21.8 Å². The van der Waals surface area contributed by atoms with Gasteiger partial charge in [-0.25, -0.2) is 4.98 Å². The van der Waals surface area contributed by atoms with Crippen molar-refractivity contribution in [2.24, 2.45) is 5.73 Å². The van der Waals surface area contributed by atoms with Gasteiger partial charge in [-0.3, -0.25) is 4.79 Å². The Balaban J connectivity index is 2.00. The van der Waals surface area contributed by atoms with E-state index >= 15 is 0 Å². The van der Waals surface area contributed by atoms with Crippen LogP contribution in [0.4, 0.5) is 11.5 Å². The number of carbonyl (C=O) groups is 1. The quantitative estimate of drug-likeness (QED) is 0.547. The van der Waals surface area contributed by atoms with Crippen molar-refractivity contribution in [3.63, 3.8) is 0 Å². The van der Waals surface area contributed by atoms with Crippen LogP contribution in [-0.2, 0) is 0 Å². The lowest BCUT2D eigenvalue weighted by Crippen LogP contribution is -2.12. The molecule has 2 aromatic carbocycles. The average Bonchev–Trinajstić information content (AvgIpc) is 3.06. The number of thiophene rings is 1. The van der Waals surface area contributed by atoms with Gasteiger partial charge in [-0.2, -0.15) is 11.3 Å². The van der Waals surface area contributed by atoms with Crippen LogP contribution in [-0.4, -0.2) is 10.9 Å². The molecule has 0 radical (unpaired) electrons. The average molecular weight is 354 g/mol. The van der Waals surface area contributed by atoms with E-state index in [1.165, 1.54) is 0 Å². The van der Waals surface area contributed by atoms with Crippen LogP contribution in [0.15, 0.2) is 53.2 Å². The van der Waals surface area contributed by atoms with Crippen LogP contribution in [0.5, 0.6) is 0 Å². The van der Waals surface area contributed by atoms with E-state index in [0.29, 0.717) is 21.9 Å². The second-order valence-corrected chi connectivity index (χ2v) is 6.48. The number of amides is 1. The minimum absolute atomic E-state index is 0.405. The first-order valence-corrected chi connectivity index (χ1v) is 8.57. The molecule has 0 bridgehead atoms. The number of nitrogens with zero attached hydrogens (tertiary/aromatic N) is 1. The highest BCUT2D eigenvalue weighted by molar-refractivity contribution is 7.09. The van der Waals surface area contributed by atoms with E-state index < -0.39 is 5.91 Å². The summed E-state index contributed by atoms with van der Waals surface area (Å²) >= 11 is 7.82. The number of nitrogens with one attached hydrogen (secondary N) is 1. The van der Waals surface area contributed by atoms with E-state index in [4.69, 9.17) is 17.3 Å². The number of benzene rings is 2. The van der Waals surface area contributed by atoms with Gasteiger partial charge in [0.15, 0.2) is 0 Å². The molecule has 0 saturated carbocycles. The predicted octanol–water partition coefficient (Wildman–Crippen LogP) is 4.95. The van der Waals surface area contributed by atoms with Crippen LogP contribution in [0.1, 0.15) is 10.4 Å². The van der Waals surface area contributed by atoms with Crippen molar-refractivity contribution >= 4 is 62.0 Å². The third kappa shape index (κ3) is 2.38. The smallest absolute Gasteiger partial charge is 0.250 e. The fourth-order valence-corrected chi connectivity index (χ4v) is 3.74. The second kappa shape index (κ2) is 5.78. The Hall–Kier alpha value is -2.63. The maximum atomic E-state index is 11.8. The number of hydrogen-bond donors (Lipinski definition) is 2. The summed E-state index contributed by atoms with van der Waals surface area (Å²) in [6.45, 7) is 0. The number of anilines is 2. The minimum atomic E-state index is -0.494. The molecule has 6 heteroatoms. The topological polar surface area (TPSA) is 68.0 Å². The number of aromatic nitrogens is 1. The Labute approximate surface area is 146 Å². The van der Waals surface area contributed by atoms with Crippen LogP contribution >= 0.6 is 22.9 Å². The van der Waals surface area contributed by atoms with Gasteiger partial charge in [-0.05, 0) is 23.6 Å². The van der Waals surface area contributed by atoms with Gasteiger partial charge in [0.1, 0.15) is 5.82 Å². The summed E-state index contributed by atoms with van der Waals surface area (Å²) in [5.41, 5.74) is 7.26. The maximum absolute atomic E-state index is 11.8. The van der Waals surface area contributed by atoms with Crippen LogP contribution in [0.2, 0.25) is 5.02 Å². The lowest BCUT2D eigenvalue weighted by Gasteiger charge is -2.12. The molecule has 0 unspecified atom stereocenters. The van der Waals surface area contributed by atoms with E-state index in [-0.39, 0.29) is 0 Å². The predicted molar refractivity (Wildman–Crippen MR) is 100 cm³/mol. The molecule has 2 heterocycles. The van der Waals surface area contributed by atoms with Crippen LogP contribution in [0.25, 0.3) is 21.7 Å². The Morgan fingerprint density at radius 3 is 2.62 bits per heavy atom. The van der Waals surface area contributed by atoms with Crippen molar-refractivity contribution < 1.29 is 4.79 Å². The molecule has 4 rings (SSSR count). The fraction of sp³-hybridized carbons (Fsp3) is 0. The molecule has 24 heavy (non-hydrogen) atoms. The SMILES string of the molecule is NC(=O)c1cccc2c1nc(Nc1ccccc1Cl)c1cscc12. The van der Waals surface area contributed by atoms with Gasteiger partial charge < -0.3 is 11.1 Å². The summed E-state index contributed by atoms with van der Waals surface area (Å²) in [5, 5.41) is 10.9. The molecular weight excluding hydrogens is 342 g/mol. The number of carbonyl (C=O) groups excluding carboxylic acids is 1. The van der Waals surface area contributed by atoms with Gasteiger partial charge in [0, 0.05) is 21.5 Å². The van der Waals surface area contributed by atoms with Crippen molar-refractivity contribution in [1.82, 2.24) is 4.98 Å². The minimum Gasteiger partial charge on any atom is -0.366 e. The first-order chi connectivity index (χ1) is 11.6. The van der Waals surface area contributed by atoms with Crippen LogP contribution in [0.3, 0.4) is 0 Å². The van der Waals surface area contributed by atoms with Gasteiger partial charge in [0.05, 0.1) is 21.8 Å². The zero-order chi connectivity index (χ0) is 16.7. The Kier molecular flexibility index (Phi) is 3.59. The standard InChI is InChI=1S/C18H12ClN3OS/c19-14-6-1-2-7-15(14)21-18-13-9-24-8-12(13)10-4-3-5-11(17(20)23)16(10)22-18/h1-9H,(H2,20,23)(H,21,22). The number of fused-ring (bicyclic) bond motifs is 3. The molecule has 4 nitrogen and oxygen atoms in total. The van der Waals surface area contributed by atoms with Crippen LogP contribution < -0.4 is 11.1 Å². The molecule has 0 aliphatic carbocycles. The number of hydrogen-bond acceptors (Lipinski definition) is 4. The van der Waals surface area contributed by atoms with Gasteiger partial charge in [-0.1, -0.05) is 35.9 Å². The second-order valence-electron chi connectivity index (χ2n) is 5.33. The molecule has 4 aromatic rings. The number of para-hydroxylation sites is 2. The number of nitrogens with two attached hydrogens (primary N) is 1. The lowest BCUT2D eigenvalue weighted by molar-refractivity contribution is 0.100. The van der Waals surface area contributed by atoms with Gasteiger partial charge >= 0.3 is 0 Å². The number of halogens is 1. The van der Waals surface area contributed by atoms with Gasteiger partial charge in [-0.15, -0.1) is 0 Å². The van der Waals surface area contributed by atoms with Crippen molar-refractivity contribution in [2.45, 2.75) is 0 Å². The Morgan fingerprint density at radius 1 is 1.04 bits per heavy atom. The molecule has 0 spiro atoms. The van der Waals surface area contributed by atoms with Gasteiger partial charge in [0.25, 0.3) is 5.91 Å². The number of rotatable bonds is 3. The van der Waals surface area contributed by atoms with Crippen molar-refractivity contribution in [3.05, 3.63) is 63.8 Å². The summed E-state index contributed by atoms with van der Waals surface area (Å²) in [5.74, 6) is 0.159. The molecule has 118 valence electrons. The van der Waals surface area contributed by atoms with E-state index in [1.54, 1.807) is 17.4 Å². The number of pyridine rings is 1. The maximum Gasteiger partial charge on any atom is 0.250 e. The van der Waals surface area contributed by atoms with Gasteiger partial charge in [0.2, 0.25) is 0 Å². The van der Waals surface area contributed by atoms with Crippen LogP contribution in [0, 0.1) is 0 Å². The van der Waals surface area contributed by atoms with E-state index in [2.05, 4.69) is 10.3 Å². The summed E-state index contributed by atoms with van der Waals surface area (Å²) in [4.78, 5) is 16.4. The first kappa shape index (κ1) is 14.9. The molecular formula is C18H12ClN3OS. The van der Waals surface area contributed by atoms with Crippen molar-refractivity contribution in [1.29, 1.82) is 0 Å². The fourth-order valence-electron chi connectivity index (χ4n) is 2.73. The van der Waals surface area contributed by atoms with Crippen molar-refractivity contribution in [2.75, 3.05) is 5.32 Å². The summed E-state index contributed by atoms with van der Waals surface area (Å²) in [7, 11) is 0. The molecule has 0 aliphatic heterocycles. The normalized spacial score (nSPS) is 11.0. The molecule has 1 amide bonds. The molecule has 0 atom stereocenters. The highest BCUT2D eigenvalue weighted by Gasteiger charge is 2.15. The largest absolute Gasteiger partial charge is 0.366 e. The van der Waals surface area contributed by atoms with E-state index in [9.17, 15) is 4.79 Å². The highest BCUT2D eigenvalue weighted by atomic mass is 35.5. The summed E-state index contributed by atoms with van der Waals surface area (Å²) in [6.07, 6.45) is 0. The first-order valence-electron chi connectivity index (χ1n) is 7.25. The molecule has 2 aromatic heterocycles. The lowest BCUT2D eigenvalue weighted by atomic mass is 10.1. The Bertz CT molecular complexity index is 1090. The number of primary amides is 1.